The maximum Gasteiger partial charge on any atom is 0.228 e. The van der Waals surface area contributed by atoms with Gasteiger partial charge in [-0.2, -0.15) is 0 Å². The number of halogens is 2. The van der Waals surface area contributed by atoms with Crippen molar-refractivity contribution >= 4 is 30.7 Å². The van der Waals surface area contributed by atoms with E-state index < -0.39 is 0 Å². The molecular weight excluding hydrogens is 385 g/mol. The van der Waals surface area contributed by atoms with Crippen LogP contribution in [0.5, 0.6) is 0 Å². The summed E-state index contributed by atoms with van der Waals surface area (Å²) in [5.41, 5.74) is 2.06. The second kappa shape index (κ2) is 13.3. The Hall–Kier alpha value is -0.850. The SMILES string of the molecule is CCN(CC)Cc1ccc(CNC(=O)C2(COC)CCNCC2)cc1.Cl.Cl. The summed E-state index contributed by atoms with van der Waals surface area (Å²) in [5, 5.41) is 6.44. The third-order valence-electron chi connectivity index (χ3n) is 5.24. The van der Waals surface area contributed by atoms with E-state index in [0.717, 1.165) is 51.1 Å². The van der Waals surface area contributed by atoms with E-state index in [1.54, 1.807) is 7.11 Å². The van der Waals surface area contributed by atoms with Crippen LogP contribution >= 0.6 is 24.8 Å². The van der Waals surface area contributed by atoms with E-state index in [1.165, 1.54) is 5.56 Å². The summed E-state index contributed by atoms with van der Waals surface area (Å²) >= 11 is 0. The van der Waals surface area contributed by atoms with Gasteiger partial charge in [-0.25, -0.2) is 0 Å². The van der Waals surface area contributed by atoms with Gasteiger partial charge in [0.15, 0.2) is 0 Å². The van der Waals surface area contributed by atoms with Crippen LogP contribution in [0.15, 0.2) is 24.3 Å². The molecular formula is C20H35Cl2N3O2. The fourth-order valence-electron chi connectivity index (χ4n) is 3.46. The summed E-state index contributed by atoms with van der Waals surface area (Å²) in [4.78, 5) is 15.1. The number of piperidine rings is 1. The van der Waals surface area contributed by atoms with E-state index in [2.05, 4.69) is 53.6 Å². The van der Waals surface area contributed by atoms with E-state index in [1.807, 2.05) is 0 Å². The zero-order valence-electron chi connectivity index (χ0n) is 16.8. The number of methoxy groups -OCH3 is 1. The van der Waals surface area contributed by atoms with Crippen molar-refractivity contribution in [1.29, 1.82) is 0 Å². The van der Waals surface area contributed by atoms with E-state index >= 15 is 0 Å². The largest absolute Gasteiger partial charge is 0.384 e. The lowest BCUT2D eigenvalue weighted by Crippen LogP contribution is -2.49. The van der Waals surface area contributed by atoms with Crippen molar-refractivity contribution in [3.8, 4) is 0 Å². The van der Waals surface area contributed by atoms with E-state index in [9.17, 15) is 4.79 Å². The lowest BCUT2D eigenvalue weighted by molar-refractivity contribution is -0.136. The van der Waals surface area contributed by atoms with Crippen LogP contribution in [0, 0.1) is 5.41 Å². The molecule has 1 saturated heterocycles. The van der Waals surface area contributed by atoms with Gasteiger partial charge in [-0.15, -0.1) is 24.8 Å². The molecule has 1 aliphatic rings. The van der Waals surface area contributed by atoms with Gasteiger partial charge in [0.05, 0.1) is 12.0 Å². The quantitative estimate of drug-likeness (QED) is 0.645. The predicted molar refractivity (Wildman–Crippen MR) is 116 cm³/mol. The van der Waals surface area contributed by atoms with Gasteiger partial charge in [0.2, 0.25) is 5.91 Å². The summed E-state index contributed by atoms with van der Waals surface area (Å²) in [6.07, 6.45) is 1.66. The Morgan fingerprint density at radius 1 is 1.11 bits per heavy atom. The molecule has 1 fully saturated rings. The van der Waals surface area contributed by atoms with Gasteiger partial charge in [-0.1, -0.05) is 38.1 Å². The van der Waals surface area contributed by atoms with Gasteiger partial charge < -0.3 is 15.4 Å². The summed E-state index contributed by atoms with van der Waals surface area (Å²) < 4.78 is 5.34. The number of hydrogen-bond acceptors (Lipinski definition) is 4. The molecule has 0 bridgehead atoms. The van der Waals surface area contributed by atoms with Crippen molar-refractivity contribution in [3.63, 3.8) is 0 Å². The zero-order valence-corrected chi connectivity index (χ0v) is 18.4. The van der Waals surface area contributed by atoms with Crippen molar-refractivity contribution < 1.29 is 9.53 Å². The molecule has 0 aliphatic carbocycles. The first kappa shape index (κ1) is 26.1. The van der Waals surface area contributed by atoms with Crippen LogP contribution < -0.4 is 10.6 Å². The molecule has 2 rings (SSSR count). The van der Waals surface area contributed by atoms with Crippen LogP contribution in [0.4, 0.5) is 0 Å². The zero-order chi connectivity index (χ0) is 18.1. The summed E-state index contributed by atoms with van der Waals surface area (Å²) in [6, 6.07) is 8.56. The molecule has 1 aromatic rings. The van der Waals surface area contributed by atoms with Gasteiger partial charge in [0.25, 0.3) is 0 Å². The maximum absolute atomic E-state index is 12.7. The Balaban J connectivity index is 0.00000338. The third-order valence-corrected chi connectivity index (χ3v) is 5.24. The molecule has 0 unspecified atom stereocenters. The van der Waals surface area contributed by atoms with Crippen LogP contribution in [-0.4, -0.2) is 50.7 Å². The Morgan fingerprint density at radius 3 is 2.19 bits per heavy atom. The number of carbonyl (C=O) groups is 1. The Kier molecular flexibility index (Phi) is 12.9. The Labute approximate surface area is 176 Å². The summed E-state index contributed by atoms with van der Waals surface area (Å²) in [5.74, 6) is 0.114. The molecule has 1 aliphatic heterocycles. The normalized spacial score (nSPS) is 15.6. The summed E-state index contributed by atoms with van der Waals surface area (Å²) in [6.45, 7) is 10.3. The molecule has 0 atom stereocenters. The monoisotopic (exact) mass is 419 g/mol. The second-order valence-corrected chi connectivity index (χ2v) is 6.92. The molecule has 27 heavy (non-hydrogen) atoms. The average molecular weight is 420 g/mol. The van der Waals surface area contributed by atoms with Gasteiger partial charge in [0.1, 0.15) is 0 Å². The highest BCUT2D eigenvalue weighted by molar-refractivity contribution is 5.85. The molecule has 0 radical (unpaired) electrons. The lowest BCUT2D eigenvalue weighted by Gasteiger charge is -2.35. The fourth-order valence-corrected chi connectivity index (χ4v) is 3.46. The smallest absolute Gasteiger partial charge is 0.228 e. The predicted octanol–water partition coefficient (Wildman–Crippen LogP) is 3.00. The van der Waals surface area contributed by atoms with Crippen molar-refractivity contribution in [2.75, 3.05) is 39.9 Å². The van der Waals surface area contributed by atoms with Gasteiger partial charge in [-0.05, 0) is 50.1 Å². The van der Waals surface area contributed by atoms with Gasteiger partial charge in [-0.3, -0.25) is 9.69 Å². The highest BCUT2D eigenvalue weighted by Gasteiger charge is 2.39. The third kappa shape index (κ3) is 7.59. The fraction of sp³-hybridized carbons (Fsp3) is 0.650. The van der Waals surface area contributed by atoms with Gasteiger partial charge >= 0.3 is 0 Å². The Bertz CT molecular complexity index is 525. The number of benzene rings is 1. The minimum Gasteiger partial charge on any atom is -0.384 e. The number of nitrogens with zero attached hydrogens (tertiary/aromatic N) is 1. The van der Waals surface area contributed by atoms with E-state index in [4.69, 9.17) is 4.74 Å². The molecule has 0 aromatic heterocycles. The first-order valence-corrected chi connectivity index (χ1v) is 9.41. The van der Waals surface area contributed by atoms with E-state index in [0.29, 0.717) is 13.2 Å². The number of ether oxygens (including phenoxy) is 1. The molecule has 0 saturated carbocycles. The summed E-state index contributed by atoms with van der Waals surface area (Å²) in [7, 11) is 1.67. The van der Waals surface area contributed by atoms with Crippen LogP contribution in [-0.2, 0) is 22.6 Å². The standard InChI is InChI=1S/C20H33N3O2.2ClH/c1-4-23(5-2)15-18-8-6-17(7-9-18)14-22-19(24)20(16-25-3)10-12-21-13-11-20;;/h6-9,21H,4-5,10-16H2,1-3H3,(H,22,24);2*1H. The number of carbonyl (C=O) groups excluding carboxylic acids is 1. The molecule has 5 nitrogen and oxygen atoms in total. The molecule has 1 heterocycles. The minimum absolute atomic E-state index is 0. The van der Waals surface area contributed by atoms with E-state index in [-0.39, 0.29) is 36.1 Å². The lowest BCUT2D eigenvalue weighted by atomic mass is 9.78. The highest BCUT2D eigenvalue weighted by Crippen LogP contribution is 2.29. The molecule has 7 heteroatoms. The second-order valence-electron chi connectivity index (χ2n) is 6.92. The number of rotatable bonds is 9. The molecule has 1 amide bonds. The molecule has 1 aromatic carbocycles. The van der Waals surface area contributed by atoms with Crippen molar-refractivity contribution in [1.82, 2.24) is 15.5 Å². The van der Waals surface area contributed by atoms with Crippen LogP contribution in [0.25, 0.3) is 0 Å². The van der Waals surface area contributed by atoms with Crippen molar-refractivity contribution in [2.45, 2.75) is 39.8 Å². The van der Waals surface area contributed by atoms with Crippen LogP contribution in [0.2, 0.25) is 0 Å². The average Bonchev–Trinajstić information content (AvgIpc) is 2.66. The van der Waals surface area contributed by atoms with Crippen molar-refractivity contribution in [2.24, 2.45) is 5.41 Å². The van der Waals surface area contributed by atoms with Gasteiger partial charge in [0, 0.05) is 20.2 Å². The first-order chi connectivity index (χ1) is 12.1. The maximum atomic E-state index is 12.7. The first-order valence-electron chi connectivity index (χ1n) is 9.41. The number of amides is 1. The molecule has 156 valence electrons. The van der Waals surface area contributed by atoms with Crippen molar-refractivity contribution in [3.05, 3.63) is 35.4 Å². The number of nitrogens with one attached hydrogen (secondary N) is 2. The number of hydrogen-bond donors (Lipinski definition) is 2. The Morgan fingerprint density at radius 2 is 1.67 bits per heavy atom. The highest BCUT2D eigenvalue weighted by atomic mass is 35.5. The molecule has 0 spiro atoms. The van der Waals surface area contributed by atoms with Crippen LogP contribution in [0.1, 0.15) is 37.8 Å². The topological polar surface area (TPSA) is 53.6 Å². The minimum atomic E-state index is -0.386. The molecule has 2 N–H and O–H groups in total. The van der Waals surface area contributed by atoms with Crippen LogP contribution in [0.3, 0.4) is 0 Å².